The van der Waals surface area contributed by atoms with Gasteiger partial charge in [-0.1, -0.05) is 127 Å². The molecule has 0 heteroatoms. The molecule has 0 aromatic heterocycles. The van der Waals surface area contributed by atoms with Crippen molar-refractivity contribution in [2.75, 3.05) is 0 Å². The molecule has 0 unspecified atom stereocenters. The molecule has 1 aliphatic rings. The van der Waals surface area contributed by atoms with Crippen molar-refractivity contribution in [2.24, 2.45) is 0 Å². The fraction of sp³-hybridized carbons (Fsp3) is 0.0286. The molecule has 0 aliphatic heterocycles. The average molecular weight is 445 g/mol. The SMILES string of the molecule is C1=C(c2cccc3ccccc23)CC(c2cccc3ccccc23)=C1c1cccc2ccccc12. The van der Waals surface area contributed by atoms with Crippen molar-refractivity contribution < 1.29 is 0 Å². The molecule has 0 N–H and O–H groups in total. The maximum absolute atomic E-state index is 2.45. The average Bonchev–Trinajstić information content (AvgIpc) is 3.37. The molecule has 0 saturated heterocycles. The van der Waals surface area contributed by atoms with E-state index in [0.717, 1.165) is 6.42 Å². The van der Waals surface area contributed by atoms with Crippen LogP contribution in [0, 0.1) is 0 Å². The molecule has 0 bridgehead atoms. The number of fused-ring (bicyclic) bond motifs is 3. The number of benzene rings is 6. The van der Waals surface area contributed by atoms with Gasteiger partial charge < -0.3 is 0 Å². The topological polar surface area (TPSA) is 0 Å². The molecular formula is C35H24. The smallest absolute Gasteiger partial charge is 0.000705 e. The van der Waals surface area contributed by atoms with E-state index in [-0.39, 0.29) is 0 Å². The molecule has 35 heavy (non-hydrogen) atoms. The fourth-order valence-electron chi connectivity index (χ4n) is 5.71. The van der Waals surface area contributed by atoms with E-state index in [0.29, 0.717) is 0 Å². The van der Waals surface area contributed by atoms with Gasteiger partial charge in [0.25, 0.3) is 0 Å². The van der Waals surface area contributed by atoms with E-state index in [1.807, 2.05) is 0 Å². The zero-order valence-corrected chi connectivity index (χ0v) is 19.4. The summed E-state index contributed by atoms with van der Waals surface area (Å²) in [6.45, 7) is 0. The van der Waals surface area contributed by atoms with Crippen molar-refractivity contribution in [1.29, 1.82) is 0 Å². The summed E-state index contributed by atoms with van der Waals surface area (Å²) in [6, 6.07) is 46.3. The van der Waals surface area contributed by atoms with E-state index in [2.05, 4.69) is 133 Å². The van der Waals surface area contributed by atoms with E-state index in [4.69, 9.17) is 0 Å². The summed E-state index contributed by atoms with van der Waals surface area (Å²) >= 11 is 0. The van der Waals surface area contributed by atoms with Gasteiger partial charge in [0.05, 0.1) is 0 Å². The first kappa shape index (κ1) is 20.0. The Balaban J connectivity index is 1.51. The van der Waals surface area contributed by atoms with Crippen molar-refractivity contribution in [2.45, 2.75) is 6.42 Å². The second-order valence-corrected chi connectivity index (χ2v) is 9.32. The Hall–Kier alpha value is -4.42. The molecule has 6 aromatic rings. The lowest BCUT2D eigenvalue weighted by atomic mass is 9.90. The first-order valence-electron chi connectivity index (χ1n) is 12.2. The molecule has 7 rings (SSSR count). The van der Waals surface area contributed by atoms with Gasteiger partial charge in [0.1, 0.15) is 0 Å². The Morgan fingerprint density at radius 2 is 0.800 bits per heavy atom. The van der Waals surface area contributed by atoms with Crippen LogP contribution in [0.25, 0.3) is 49.0 Å². The summed E-state index contributed by atoms with van der Waals surface area (Å²) in [6.07, 6.45) is 3.36. The van der Waals surface area contributed by atoms with Gasteiger partial charge in [0.2, 0.25) is 0 Å². The van der Waals surface area contributed by atoms with Gasteiger partial charge in [0, 0.05) is 0 Å². The first-order valence-corrected chi connectivity index (χ1v) is 12.2. The van der Waals surface area contributed by atoms with E-state index >= 15 is 0 Å². The van der Waals surface area contributed by atoms with Gasteiger partial charge >= 0.3 is 0 Å². The Morgan fingerprint density at radius 3 is 1.40 bits per heavy atom. The maximum Gasteiger partial charge on any atom is -0.000705 e. The lowest BCUT2D eigenvalue weighted by molar-refractivity contribution is 1.45. The molecule has 0 heterocycles. The van der Waals surface area contributed by atoms with Gasteiger partial charge in [-0.05, 0) is 78.2 Å². The van der Waals surface area contributed by atoms with Crippen LogP contribution in [0.2, 0.25) is 0 Å². The summed E-state index contributed by atoms with van der Waals surface area (Å²) in [5.74, 6) is 0. The van der Waals surface area contributed by atoms with Gasteiger partial charge in [-0.15, -0.1) is 0 Å². The van der Waals surface area contributed by atoms with E-state index in [1.54, 1.807) is 0 Å². The van der Waals surface area contributed by atoms with Crippen LogP contribution >= 0.6 is 0 Å². The van der Waals surface area contributed by atoms with Crippen LogP contribution in [-0.2, 0) is 0 Å². The Kier molecular flexibility index (Phi) is 4.63. The summed E-state index contributed by atoms with van der Waals surface area (Å²) in [5.41, 5.74) is 8.09. The summed E-state index contributed by atoms with van der Waals surface area (Å²) in [5, 5.41) is 7.79. The van der Waals surface area contributed by atoms with Crippen molar-refractivity contribution in [3.05, 3.63) is 150 Å². The van der Waals surface area contributed by atoms with Crippen LogP contribution < -0.4 is 0 Å². The fourth-order valence-corrected chi connectivity index (χ4v) is 5.71. The molecule has 0 spiro atoms. The van der Waals surface area contributed by atoms with E-state index < -0.39 is 0 Å². The van der Waals surface area contributed by atoms with E-state index in [9.17, 15) is 0 Å². The van der Waals surface area contributed by atoms with Gasteiger partial charge in [0.15, 0.2) is 0 Å². The Bertz CT molecular complexity index is 1800. The quantitative estimate of drug-likeness (QED) is 0.255. The highest BCUT2D eigenvalue weighted by molar-refractivity contribution is 6.15. The molecule has 0 fully saturated rings. The lowest BCUT2D eigenvalue weighted by Crippen LogP contribution is -1.91. The zero-order valence-electron chi connectivity index (χ0n) is 19.4. The highest BCUT2D eigenvalue weighted by atomic mass is 14.3. The van der Waals surface area contributed by atoms with Crippen molar-refractivity contribution in [3.63, 3.8) is 0 Å². The third-order valence-electron chi connectivity index (χ3n) is 7.34. The standard InChI is InChI=1S/C35H24/c1-4-16-28-24(10-1)13-7-19-31(28)27-22-34(32-20-8-14-25-11-2-5-17-29(25)32)35(23-27)33-21-9-15-26-12-3-6-18-30(26)33/h1-22H,23H2. The second kappa shape index (κ2) is 8.11. The number of rotatable bonds is 3. The summed E-state index contributed by atoms with van der Waals surface area (Å²) in [4.78, 5) is 0. The molecule has 0 atom stereocenters. The number of allylic oxidation sites excluding steroid dienone is 4. The van der Waals surface area contributed by atoms with Crippen molar-refractivity contribution in [3.8, 4) is 0 Å². The maximum atomic E-state index is 2.45. The number of hydrogen-bond acceptors (Lipinski definition) is 0. The largest absolute Gasteiger partial charge is 0.0616 e. The zero-order chi connectivity index (χ0) is 23.2. The minimum Gasteiger partial charge on any atom is -0.0616 e. The Labute approximate surface area is 205 Å². The van der Waals surface area contributed by atoms with Crippen LogP contribution in [0.3, 0.4) is 0 Å². The predicted octanol–water partition coefficient (Wildman–Crippen LogP) is 9.54. The van der Waals surface area contributed by atoms with Crippen molar-refractivity contribution >= 4 is 49.0 Å². The predicted molar refractivity (Wildman–Crippen MR) is 151 cm³/mol. The molecule has 1 aliphatic carbocycles. The van der Waals surface area contributed by atoms with Gasteiger partial charge in [-0.25, -0.2) is 0 Å². The molecule has 164 valence electrons. The third-order valence-corrected chi connectivity index (χ3v) is 7.34. The van der Waals surface area contributed by atoms with Crippen LogP contribution in [-0.4, -0.2) is 0 Å². The summed E-state index contributed by atoms with van der Waals surface area (Å²) in [7, 11) is 0. The molecule has 6 aromatic carbocycles. The highest BCUT2D eigenvalue weighted by Crippen LogP contribution is 2.46. The number of hydrogen-bond donors (Lipinski definition) is 0. The second-order valence-electron chi connectivity index (χ2n) is 9.32. The van der Waals surface area contributed by atoms with Gasteiger partial charge in [-0.2, -0.15) is 0 Å². The van der Waals surface area contributed by atoms with Crippen molar-refractivity contribution in [1.82, 2.24) is 0 Å². The monoisotopic (exact) mass is 444 g/mol. The molecule has 0 radical (unpaired) electrons. The van der Waals surface area contributed by atoms with Crippen LogP contribution in [0.5, 0.6) is 0 Å². The third kappa shape index (κ3) is 3.30. The van der Waals surface area contributed by atoms with Crippen LogP contribution in [0.1, 0.15) is 23.1 Å². The highest BCUT2D eigenvalue weighted by Gasteiger charge is 2.23. The molecule has 0 amide bonds. The molecule has 0 saturated carbocycles. The minimum absolute atomic E-state index is 0.917. The van der Waals surface area contributed by atoms with Gasteiger partial charge in [-0.3, -0.25) is 0 Å². The minimum atomic E-state index is 0.917. The summed E-state index contributed by atoms with van der Waals surface area (Å²) < 4.78 is 0. The first-order chi connectivity index (χ1) is 17.4. The molecular weight excluding hydrogens is 420 g/mol. The Morgan fingerprint density at radius 1 is 0.371 bits per heavy atom. The van der Waals surface area contributed by atoms with E-state index in [1.165, 1.54) is 65.7 Å². The molecule has 0 nitrogen and oxygen atoms in total. The van der Waals surface area contributed by atoms with Crippen LogP contribution in [0.15, 0.2) is 133 Å². The normalized spacial score (nSPS) is 13.7. The van der Waals surface area contributed by atoms with Crippen LogP contribution in [0.4, 0.5) is 0 Å². The lowest BCUT2D eigenvalue weighted by Gasteiger charge is -2.14.